The first-order valence-corrected chi connectivity index (χ1v) is 16.6. The lowest BCUT2D eigenvalue weighted by molar-refractivity contribution is -0.141. The van der Waals surface area contributed by atoms with Crippen molar-refractivity contribution in [2.24, 2.45) is 0 Å². The van der Waals surface area contributed by atoms with Crippen LogP contribution in [0, 0.1) is 6.92 Å². The van der Waals surface area contributed by atoms with Crippen molar-refractivity contribution in [3.05, 3.63) is 44.6 Å². The van der Waals surface area contributed by atoms with Gasteiger partial charge in [-0.3, -0.25) is 14.4 Å². The Balaban J connectivity index is 1.27. The molecule has 2 N–H and O–H groups in total. The van der Waals surface area contributed by atoms with Gasteiger partial charge in [0.05, 0.1) is 46.5 Å². The van der Waals surface area contributed by atoms with E-state index in [2.05, 4.69) is 20.0 Å². The van der Waals surface area contributed by atoms with Crippen molar-refractivity contribution in [3.63, 3.8) is 0 Å². The standard InChI is InChI=1S/C31H37ClF4N10O3/c1-16-22(31(34,35)36)24(40-28(37)38-16)21-10-19-18(14-48-21)26(41-29(39-19)49-15-30-6-4-8-45(30)12-17(33)11-30)44-7-5-9-46-20(13-44)23(32)25(42-46)27(47)43(2)3/h17,21H,4-15H2,1-3H3,(H2,37,38,40)/t17-,21+,30+/m1/s1. The van der Waals surface area contributed by atoms with Crippen LogP contribution in [0.25, 0.3) is 0 Å². The number of ether oxygens (including phenoxy) is 2. The fraction of sp³-hybridized carbons (Fsp3) is 0.613. The predicted octanol–water partition coefficient (Wildman–Crippen LogP) is 3.91. The molecule has 4 aliphatic heterocycles. The smallest absolute Gasteiger partial charge is 0.420 e. The van der Waals surface area contributed by atoms with E-state index in [1.807, 2.05) is 4.90 Å². The van der Waals surface area contributed by atoms with Gasteiger partial charge in [-0.2, -0.15) is 28.2 Å². The molecule has 0 bridgehead atoms. The number of halogens is 5. The number of hydrogen-bond acceptors (Lipinski definition) is 11. The number of amides is 1. The maximum atomic E-state index is 14.5. The molecule has 0 aliphatic carbocycles. The Morgan fingerprint density at radius 3 is 2.71 bits per heavy atom. The minimum atomic E-state index is -4.75. The Morgan fingerprint density at radius 1 is 1.16 bits per heavy atom. The highest BCUT2D eigenvalue weighted by Gasteiger charge is 2.49. The molecule has 0 unspecified atom stereocenters. The van der Waals surface area contributed by atoms with Crippen molar-refractivity contribution >= 4 is 29.3 Å². The van der Waals surface area contributed by atoms with Gasteiger partial charge in [0.2, 0.25) is 5.95 Å². The molecule has 2 fully saturated rings. The van der Waals surface area contributed by atoms with Crippen LogP contribution in [0.4, 0.5) is 29.3 Å². The van der Waals surface area contributed by atoms with Gasteiger partial charge in [0.15, 0.2) is 5.69 Å². The van der Waals surface area contributed by atoms with E-state index >= 15 is 0 Å². The Hall–Kier alpha value is -3.83. The fourth-order valence-corrected chi connectivity index (χ4v) is 7.87. The summed E-state index contributed by atoms with van der Waals surface area (Å²) in [5, 5.41) is 4.73. The number of fused-ring (bicyclic) bond motifs is 3. The normalized spacial score (nSPS) is 24.0. The lowest BCUT2D eigenvalue weighted by Crippen LogP contribution is -2.43. The van der Waals surface area contributed by atoms with Gasteiger partial charge in [-0.05, 0) is 32.7 Å². The van der Waals surface area contributed by atoms with E-state index in [0.29, 0.717) is 55.2 Å². The van der Waals surface area contributed by atoms with Crippen LogP contribution >= 0.6 is 11.6 Å². The second-order valence-corrected chi connectivity index (χ2v) is 13.7. The molecule has 0 radical (unpaired) electrons. The number of nitrogens with zero attached hydrogens (tertiary/aromatic N) is 9. The summed E-state index contributed by atoms with van der Waals surface area (Å²) in [5.41, 5.74) is 5.44. The Bertz CT molecular complexity index is 1790. The van der Waals surface area contributed by atoms with Crippen LogP contribution in [0.2, 0.25) is 5.02 Å². The first kappa shape index (κ1) is 33.7. The van der Waals surface area contributed by atoms with E-state index in [1.54, 1.807) is 18.8 Å². The minimum absolute atomic E-state index is 0.0275. The topological polar surface area (TPSA) is 141 Å². The molecule has 1 amide bonds. The van der Waals surface area contributed by atoms with Crippen LogP contribution in [0.3, 0.4) is 0 Å². The molecule has 3 aromatic rings. The number of alkyl halides is 4. The van der Waals surface area contributed by atoms with Crippen molar-refractivity contribution in [1.29, 1.82) is 0 Å². The lowest BCUT2D eigenvalue weighted by Gasteiger charge is -2.33. The van der Waals surface area contributed by atoms with E-state index in [-0.39, 0.29) is 66.1 Å². The summed E-state index contributed by atoms with van der Waals surface area (Å²) in [4.78, 5) is 35.5. The molecule has 0 spiro atoms. The van der Waals surface area contributed by atoms with Gasteiger partial charge in [0, 0.05) is 52.1 Å². The number of carbonyl (C=O) groups is 1. The summed E-state index contributed by atoms with van der Waals surface area (Å²) in [5.74, 6) is -0.154. The lowest BCUT2D eigenvalue weighted by atomic mass is 9.95. The van der Waals surface area contributed by atoms with E-state index < -0.39 is 29.6 Å². The van der Waals surface area contributed by atoms with E-state index in [9.17, 15) is 22.4 Å². The van der Waals surface area contributed by atoms with E-state index in [4.69, 9.17) is 36.8 Å². The average molecular weight is 709 g/mol. The second-order valence-electron chi connectivity index (χ2n) is 13.4. The van der Waals surface area contributed by atoms with Gasteiger partial charge < -0.3 is 25.0 Å². The van der Waals surface area contributed by atoms with E-state index in [0.717, 1.165) is 19.4 Å². The van der Waals surface area contributed by atoms with Crippen LogP contribution < -0.4 is 15.4 Å². The molecule has 13 nitrogen and oxygen atoms in total. The zero-order valence-electron chi connectivity index (χ0n) is 27.4. The SMILES string of the molecule is Cc1nc(N)nc([C@@H]2Cc3nc(OC[C@@]45CCCN4C[C@H](F)C5)nc(N4CCCn5nc(C(=O)N(C)C)c(Cl)c5C4)c3CO2)c1C(F)(F)F. The van der Waals surface area contributed by atoms with Gasteiger partial charge in [0.1, 0.15) is 30.3 Å². The van der Waals surface area contributed by atoms with Crippen LogP contribution in [-0.2, 0) is 37.0 Å². The average Bonchev–Trinajstić information content (AvgIpc) is 3.60. The molecule has 3 atom stereocenters. The minimum Gasteiger partial charge on any atom is -0.461 e. The highest BCUT2D eigenvalue weighted by atomic mass is 35.5. The summed E-state index contributed by atoms with van der Waals surface area (Å²) in [7, 11) is 3.24. The Morgan fingerprint density at radius 2 is 1.96 bits per heavy atom. The number of nitrogen functional groups attached to an aromatic ring is 1. The predicted molar refractivity (Wildman–Crippen MR) is 169 cm³/mol. The molecule has 7 heterocycles. The first-order chi connectivity index (χ1) is 23.2. The second kappa shape index (κ2) is 12.5. The third kappa shape index (κ3) is 6.13. The maximum absolute atomic E-state index is 14.5. The van der Waals surface area contributed by atoms with E-state index in [1.165, 1.54) is 11.8 Å². The van der Waals surface area contributed by atoms with Crippen LogP contribution in [0.1, 0.15) is 76.2 Å². The molecule has 0 aromatic carbocycles. The monoisotopic (exact) mass is 708 g/mol. The number of nitrogens with two attached hydrogens (primary N) is 1. The molecular weight excluding hydrogens is 672 g/mol. The molecule has 18 heteroatoms. The molecule has 2 saturated heterocycles. The molecule has 3 aromatic heterocycles. The van der Waals surface area contributed by atoms with Gasteiger partial charge in [-0.1, -0.05) is 11.6 Å². The van der Waals surface area contributed by atoms with Gasteiger partial charge >= 0.3 is 12.2 Å². The zero-order valence-corrected chi connectivity index (χ0v) is 28.1. The highest BCUT2D eigenvalue weighted by molar-refractivity contribution is 6.34. The van der Waals surface area contributed by atoms with Crippen LogP contribution in [0.15, 0.2) is 0 Å². The van der Waals surface area contributed by atoms with Crippen molar-refractivity contribution in [3.8, 4) is 6.01 Å². The summed E-state index contributed by atoms with van der Waals surface area (Å²) in [6.45, 7) is 3.66. The van der Waals surface area contributed by atoms with Crippen LogP contribution in [0.5, 0.6) is 6.01 Å². The number of hydrogen-bond donors (Lipinski definition) is 1. The largest absolute Gasteiger partial charge is 0.461 e. The van der Waals surface area contributed by atoms with Gasteiger partial charge in [-0.15, -0.1) is 0 Å². The fourth-order valence-electron chi connectivity index (χ4n) is 7.59. The van der Waals surface area contributed by atoms with Crippen molar-refractivity contribution in [2.45, 2.75) is 82.7 Å². The van der Waals surface area contributed by atoms with Crippen molar-refractivity contribution in [2.75, 3.05) is 51.0 Å². The summed E-state index contributed by atoms with van der Waals surface area (Å²) in [6.07, 6.45) is -4.23. The highest BCUT2D eigenvalue weighted by Crippen LogP contribution is 2.43. The summed E-state index contributed by atoms with van der Waals surface area (Å²) >= 11 is 6.74. The zero-order chi connectivity index (χ0) is 34.8. The maximum Gasteiger partial charge on any atom is 0.420 e. The quantitative estimate of drug-likeness (QED) is 0.373. The molecule has 0 saturated carbocycles. The molecule has 7 rings (SSSR count). The van der Waals surface area contributed by atoms with Crippen molar-refractivity contribution in [1.82, 2.24) is 39.5 Å². The third-order valence-electron chi connectivity index (χ3n) is 9.85. The summed E-state index contributed by atoms with van der Waals surface area (Å²) in [6, 6.07) is 0.0275. The summed E-state index contributed by atoms with van der Waals surface area (Å²) < 4.78 is 71.3. The number of aromatic nitrogens is 6. The number of carbonyl (C=O) groups excluding carboxylic acids is 1. The van der Waals surface area contributed by atoms with Gasteiger partial charge in [-0.25, -0.2) is 14.4 Å². The third-order valence-corrected chi connectivity index (χ3v) is 10.3. The number of anilines is 2. The number of rotatable bonds is 6. The van der Waals surface area contributed by atoms with Crippen LogP contribution in [-0.4, -0.2) is 97.5 Å². The Kier molecular flexibility index (Phi) is 8.58. The van der Waals surface area contributed by atoms with Crippen molar-refractivity contribution < 1.29 is 31.8 Å². The van der Waals surface area contributed by atoms with Gasteiger partial charge in [0.25, 0.3) is 5.91 Å². The molecule has 4 aliphatic rings. The first-order valence-electron chi connectivity index (χ1n) is 16.2. The number of aryl methyl sites for hydroxylation is 2. The molecule has 264 valence electrons. The molecule has 49 heavy (non-hydrogen) atoms. The Labute approximate surface area is 284 Å². The molecular formula is C31H37ClF4N10O3.